The zero-order valence-electron chi connectivity index (χ0n) is 9.89. The Labute approximate surface area is 96.6 Å². The zero-order chi connectivity index (χ0) is 11.5. The highest BCUT2D eigenvalue weighted by Crippen LogP contribution is 2.37. The van der Waals surface area contributed by atoms with E-state index in [1.54, 1.807) is 7.11 Å². The van der Waals surface area contributed by atoms with Gasteiger partial charge in [0.15, 0.2) is 0 Å². The number of rotatable bonds is 4. The molecule has 2 fully saturated rings. The highest BCUT2D eigenvalue weighted by Gasteiger charge is 2.40. The number of likely N-dealkylation sites (tertiary alicyclic amines) is 1. The standard InChI is InChI=1S/C12H21NO3/c1-16-8-11(12(14)15)13-7-3-5-9-4-2-6-10(9)13/h9-11H,2-8H2,1H3,(H,14,15). The van der Waals surface area contributed by atoms with Gasteiger partial charge in [-0.2, -0.15) is 0 Å². The van der Waals surface area contributed by atoms with Gasteiger partial charge in [-0.1, -0.05) is 6.42 Å². The molecule has 1 N–H and O–H groups in total. The van der Waals surface area contributed by atoms with Crippen molar-refractivity contribution < 1.29 is 14.6 Å². The number of carboxylic acid groups (broad SMARTS) is 1. The summed E-state index contributed by atoms with van der Waals surface area (Å²) in [5, 5.41) is 9.25. The number of carbonyl (C=O) groups is 1. The highest BCUT2D eigenvalue weighted by molar-refractivity contribution is 5.73. The van der Waals surface area contributed by atoms with Crippen LogP contribution in [-0.4, -0.2) is 48.3 Å². The number of hydrogen-bond acceptors (Lipinski definition) is 3. The molecule has 0 aromatic rings. The first-order chi connectivity index (χ1) is 7.74. The zero-order valence-corrected chi connectivity index (χ0v) is 9.89. The van der Waals surface area contributed by atoms with Crippen molar-refractivity contribution in [2.45, 2.75) is 44.2 Å². The van der Waals surface area contributed by atoms with Crippen molar-refractivity contribution in [3.8, 4) is 0 Å². The van der Waals surface area contributed by atoms with Gasteiger partial charge < -0.3 is 9.84 Å². The van der Waals surface area contributed by atoms with E-state index in [0.717, 1.165) is 25.3 Å². The van der Waals surface area contributed by atoms with Crippen LogP contribution >= 0.6 is 0 Å². The molecule has 3 atom stereocenters. The minimum atomic E-state index is -0.741. The molecule has 1 saturated heterocycles. The molecule has 0 spiro atoms. The Hall–Kier alpha value is -0.610. The SMILES string of the molecule is COCC(C(=O)O)N1CCCC2CCCC21. The van der Waals surface area contributed by atoms with Gasteiger partial charge in [0.2, 0.25) is 0 Å². The molecule has 4 nitrogen and oxygen atoms in total. The van der Waals surface area contributed by atoms with Gasteiger partial charge in [0.05, 0.1) is 6.61 Å². The lowest BCUT2D eigenvalue weighted by atomic mass is 9.90. The lowest BCUT2D eigenvalue weighted by Gasteiger charge is -2.40. The van der Waals surface area contributed by atoms with Gasteiger partial charge in [-0.3, -0.25) is 9.69 Å². The number of piperidine rings is 1. The van der Waals surface area contributed by atoms with Crippen molar-refractivity contribution >= 4 is 5.97 Å². The lowest BCUT2D eigenvalue weighted by molar-refractivity contribution is -0.148. The molecule has 0 aromatic heterocycles. The van der Waals surface area contributed by atoms with E-state index >= 15 is 0 Å². The molecule has 3 unspecified atom stereocenters. The Morgan fingerprint density at radius 2 is 2.19 bits per heavy atom. The van der Waals surface area contributed by atoms with Gasteiger partial charge in [0, 0.05) is 13.2 Å². The largest absolute Gasteiger partial charge is 0.480 e. The predicted octanol–water partition coefficient (Wildman–Crippen LogP) is 1.35. The fraction of sp³-hybridized carbons (Fsp3) is 0.917. The summed E-state index contributed by atoms with van der Waals surface area (Å²) in [6.45, 7) is 1.22. The minimum absolute atomic E-state index is 0.304. The van der Waals surface area contributed by atoms with Crippen LogP contribution in [0, 0.1) is 5.92 Å². The van der Waals surface area contributed by atoms with E-state index in [9.17, 15) is 9.90 Å². The Morgan fingerprint density at radius 3 is 2.88 bits per heavy atom. The molecule has 1 aliphatic carbocycles. The number of carboxylic acids is 1. The molecule has 0 radical (unpaired) electrons. The second-order valence-corrected chi connectivity index (χ2v) is 4.95. The third kappa shape index (κ3) is 2.23. The monoisotopic (exact) mass is 227 g/mol. The summed E-state index contributed by atoms with van der Waals surface area (Å²) in [6, 6.07) is 0.0425. The summed E-state index contributed by atoms with van der Waals surface area (Å²) >= 11 is 0. The third-order valence-electron chi connectivity index (χ3n) is 4.05. The number of aliphatic carboxylic acids is 1. The summed E-state index contributed by atoms with van der Waals surface area (Å²) in [5.41, 5.74) is 0. The van der Waals surface area contributed by atoms with Crippen molar-refractivity contribution in [3.63, 3.8) is 0 Å². The lowest BCUT2D eigenvalue weighted by Crippen LogP contribution is -2.53. The molecule has 0 aromatic carbocycles. The summed E-state index contributed by atoms with van der Waals surface area (Å²) < 4.78 is 5.04. The molecule has 1 saturated carbocycles. The maximum Gasteiger partial charge on any atom is 0.323 e. The normalized spacial score (nSPS) is 32.3. The molecule has 0 bridgehead atoms. The first-order valence-corrected chi connectivity index (χ1v) is 6.21. The van der Waals surface area contributed by atoms with Crippen LogP contribution in [0.4, 0.5) is 0 Å². The Kier molecular flexibility index (Phi) is 3.82. The van der Waals surface area contributed by atoms with E-state index < -0.39 is 12.0 Å². The van der Waals surface area contributed by atoms with E-state index in [2.05, 4.69) is 4.90 Å². The van der Waals surface area contributed by atoms with Crippen LogP contribution in [0.1, 0.15) is 32.1 Å². The molecule has 16 heavy (non-hydrogen) atoms. The smallest absolute Gasteiger partial charge is 0.323 e. The highest BCUT2D eigenvalue weighted by atomic mass is 16.5. The van der Waals surface area contributed by atoms with Gasteiger partial charge in [0.25, 0.3) is 0 Å². The maximum atomic E-state index is 11.3. The van der Waals surface area contributed by atoms with Gasteiger partial charge in [0.1, 0.15) is 6.04 Å². The molecular formula is C12H21NO3. The van der Waals surface area contributed by atoms with Crippen LogP contribution in [0.2, 0.25) is 0 Å². The number of fused-ring (bicyclic) bond motifs is 1. The molecule has 1 heterocycles. The topological polar surface area (TPSA) is 49.8 Å². The second-order valence-electron chi connectivity index (χ2n) is 4.95. The summed E-state index contributed by atoms with van der Waals surface area (Å²) in [4.78, 5) is 13.4. The van der Waals surface area contributed by atoms with E-state index in [4.69, 9.17) is 4.74 Å². The summed E-state index contributed by atoms with van der Waals surface area (Å²) in [5.74, 6) is -0.0122. The molecule has 2 rings (SSSR count). The molecule has 0 amide bonds. The molecular weight excluding hydrogens is 206 g/mol. The van der Waals surface area contributed by atoms with Gasteiger partial charge in [-0.25, -0.2) is 0 Å². The van der Waals surface area contributed by atoms with Crippen molar-refractivity contribution in [2.75, 3.05) is 20.3 Å². The number of methoxy groups -OCH3 is 1. The van der Waals surface area contributed by atoms with Crippen LogP contribution in [-0.2, 0) is 9.53 Å². The number of nitrogens with zero attached hydrogens (tertiary/aromatic N) is 1. The van der Waals surface area contributed by atoms with Gasteiger partial charge in [-0.15, -0.1) is 0 Å². The quantitative estimate of drug-likeness (QED) is 0.787. The summed E-state index contributed by atoms with van der Waals surface area (Å²) in [6.07, 6.45) is 6.11. The number of hydrogen-bond donors (Lipinski definition) is 1. The van der Waals surface area contributed by atoms with Gasteiger partial charge in [-0.05, 0) is 38.1 Å². The summed E-state index contributed by atoms with van der Waals surface area (Å²) in [7, 11) is 1.58. The average molecular weight is 227 g/mol. The molecule has 4 heteroatoms. The van der Waals surface area contributed by atoms with E-state index in [1.807, 2.05) is 0 Å². The van der Waals surface area contributed by atoms with Crippen LogP contribution in [0.25, 0.3) is 0 Å². The first kappa shape index (κ1) is 11.9. The fourth-order valence-electron chi connectivity index (χ4n) is 3.35. The van der Waals surface area contributed by atoms with E-state index in [0.29, 0.717) is 12.6 Å². The van der Waals surface area contributed by atoms with Gasteiger partial charge >= 0.3 is 5.97 Å². The third-order valence-corrected chi connectivity index (χ3v) is 4.05. The Bertz CT molecular complexity index is 257. The number of ether oxygens (including phenoxy) is 1. The Balaban J connectivity index is 2.07. The Morgan fingerprint density at radius 1 is 1.44 bits per heavy atom. The van der Waals surface area contributed by atoms with E-state index in [1.165, 1.54) is 19.3 Å². The second kappa shape index (κ2) is 5.15. The minimum Gasteiger partial charge on any atom is -0.480 e. The van der Waals surface area contributed by atoms with Crippen molar-refractivity contribution in [3.05, 3.63) is 0 Å². The van der Waals surface area contributed by atoms with Crippen LogP contribution in [0.5, 0.6) is 0 Å². The van der Waals surface area contributed by atoms with Crippen LogP contribution in [0.15, 0.2) is 0 Å². The molecule has 1 aliphatic heterocycles. The maximum absolute atomic E-state index is 11.3. The average Bonchev–Trinajstić information content (AvgIpc) is 2.73. The molecule has 2 aliphatic rings. The van der Waals surface area contributed by atoms with Crippen molar-refractivity contribution in [1.82, 2.24) is 4.90 Å². The molecule has 92 valence electrons. The predicted molar refractivity (Wildman–Crippen MR) is 60.4 cm³/mol. The van der Waals surface area contributed by atoms with Crippen LogP contribution < -0.4 is 0 Å². The van der Waals surface area contributed by atoms with E-state index in [-0.39, 0.29) is 0 Å². The van der Waals surface area contributed by atoms with Crippen molar-refractivity contribution in [1.29, 1.82) is 0 Å². The van der Waals surface area contributed by atoms with Crippen molar-refractivity contribution in [2.24, 2.45) is 5.92 Å². The van der Waals surface area contributed by atoms with Crippen LogP contribution in [0.3, 0.4) is 0 Å². The first-order valence-electron chi connectivity index (χ1n) is 6.21. The fourth-order valence-corrected chi connectivity index (χ4v) is 3.35.